The summed E-state index contributed by atoms with van der Waals surface area (Å²) in [4.78, 5) is 12.5. The summed E-state index contributed by atoms with van der Waals surface area (Å²) >= 11 is 0. The first kappa shape index (κ1) is 14.9. The molecule has 22 heavy (non-hydrogen) atoms. The van der Waals surface area contributed by atoms with E-state index in [0.717, 1.165) is 24.7 Å². The van der Waals surface area contributed by atoms with Crippen LogP contribution in [-0.2, 0) is 4.79 Å². The summed E-state index contributed by atoms with van der Waals surface area (Å²) in [6.45, 7) is 7.09. The minimum absolute atomic E-state index is 0.132. The fourth-order valence-electron chi connectivity index (χ4n) is 6.84. The van der Waals surface area contributed by atoms with Gasteiger partial charge in [0, 0.05) is 5.41 Å². The molecule has 1 unspecified atom stereocenters. The smallest absolute Gasteiger partial charge is 0.167 e. The zero-order chi connectivity index (χ0) is 15.7. The molecule has 0 aromatic rings. The van der Waals surface area contributed by atoms with Gasteiger partial charge in [-0.3, -0.25) is 4.79 Å². The lowest BCUT2D eigenvalue weighted by Crippen LogP contribution is -2.51. The molecule has 122 valence electrons. The lowest BCUT2D eigenvalue weighted by Gasteiger charge is -2.58. The van der Waals surface area contributed by atoms with E-state index in [0.29, 0.717) is 23.7 Å². The average molecular weight is 302 g/mol. The Morgan fingerprint density at radius 3 is 2.77 bits per heavy atom. The van der Waals surface area contributed by atoms with Crippen molar-refractivity contribution in [3.05, 3.63) is 11.6 Å². The second kappa shape index (κ2) is 4.69. The van der Waals surface area contributed by atoms with E-state index in [-0.39, 0.29) is 11.2 Å². The number of ketones is 1. The van der Waals surface area contributed by atoms with Crippen molar-refractivity contribution in [2.45, 2.75) is 71.8 Å². The molecule has 4 aliphatic rings. The first-order chi connectivity index (χ1) is 10.4. The first-order valence-corrected chi connectivity index (χ1v) is 9.31. The SMILES string of the molecule is CC1CCCC2=CC[C@H]3[C@@H]4C[C@@H](O)C(=O)[C@@]4(C)CC[C@@H]3[C@]21C. The third-order valence-corrected chi connectivity index (χ3v) is 8.37. The van der Waals surface area contributed by atoms with Crippen LogP contribution in [0, 0.1) is 34.5 Å². The Morgan fingerprint density at radius 1 is 1.23 bits per heavy atom. The third-order valence-electron chi connectivity index (χ3n) is 8.37. The molecule has 7 atom stereocenters. The number of aliphatic hydroxyl groups excluding tert-OH is 1. The van der Waals surface area contributed by atoms with E-state index in [4.69, 9.17) is 0 Å². The standard InChI is InChI=1S/C20H30O2/c1-12-5-4-6-13-7-8-14-15(20(12,13)3)9-10-19(2)16(14)11-17(21)18(19)22/h7,12,14-17,21H,4-6,8-11H2,1-3H3/t12?,14-,15+,16+,17-,19+,20+/m1/s1. The van der Waals surface area contributed by atoms with E-state index in [1.165, 1.54) is 25.7 Å². The van der Waals surface area contributed by atoms with Gasteiger partial charge in [-0.05, 0) is 74.0 Å². The molecule has 0 aromatic carbocycles. The van der Waals surface area contributed by atoms with Crippen molar-refractivity contribution in [3.63, 3.8) is 0 Å². The number of Topliss-reactive ketones (excluding diaryl/α,β-unsaturated/α-hetero) is 1. The second-order valence-electron chi connectivity index (χ2n) is 8.99. The zero-order valence-corrected chi connectivity index (χ0v) is 14.3. The van der Waals surface area contributed by atoms with Crippen LogP contribution in [0.2, 0.25) is 0 Å². The van der Waals surface area contributed by atoms with Crippen molar-refractivity contribution in [2.75, 3.05) is 0 Å². The van der Waals surface area contributed by atoms with Gasteiger partial charge >= 0.3 is 0 Å². The number of allylic oxidation sites excluding steroid dienone is 2. The molecule has 2 heteroatoms. The van der Waals surface area contributed by atoms with E-state index >= 15 is 0 Å². The van der Waals surface area contributed by atoms with Crippen LogP contribution in [0.15, 0.2) is 11.6 Å². The van der Waals surface area contributed by atoms with Crippen LogP contribution in [0.1, 0.15) is 65.7 Å². The van der Waals surface area contributed by atoms with Gasteiger partial charge in [-0.1, -0.05) is 32.4 Å². The topological polar surface area (TPSA) is 37.3 Å². The molecular formula is C20H30O2. The maximum atomic E-state index is 12.5. The Morgan fingerprint density at radius 2 is 2.00 bits per heavy atom. The van der Waals surface area contributed by atoms with E-state index in [1.54, 1.807) is 5.57 Å². The Hall–Kier alpha value is -0.630. The molecule has 2 nitrogen and oxygen atoms in total. The lowest BCUT2D eigenvalue weighted by molar-refractivity contribution is -0.137. The van der Waals surface area contributed by atoms with Gasteiger partial charge in [-0.2, -0.15) is 0 Å². The molecule has 4 rings (SSSR count). The number of rotatable bonds is 0. The number of hydrogen-bond acceptors (Lipinski definition) is 2. The van der Waals surface area contributed by atoms with Crippen LogP contribution in [0.3, 0.4) is 0 Å². The largest absolute Gasteiger partial charge is 0.385 e. The van der Waals surface area contributed by atoms with Crippen molar-refractivity contribution < 1.29 is 9.90 Å². The highest BCUT2D eigenvalue weighted by atomic mass is 16.3. The molecule has 3 saturated carbocycles. The van der Waals surface area contributed by atoms with Crippen LogP contribution < -0.4 is 0 Å². The molecule has 4 aliphatic carbocycles. The van der Waals surface area contributed by atoms with E-state index in [2.05, 4.69) is 26.8 Å². The molecule has 0 aliphatic heterocycles. The fourth-order valence-corrected chi connectivity index (χ4v) is 6.84. The molecular weight excluding hydrogens is 272 g/mol. The molecule has 0 aromatic heterocycles. The van der Waals surface area contributed by atoms with Crippen LogP contribution >= 0.6 is 0 Å². The highest BCUT2D eigenvalue weighted by Crippen LogP contribution is 2.65. The van der Waals surface area contributed by atoms with Gasteiger partial charge < -0.3 is 5.11 Å². The number of carbonyl (C=O) groups is 1. The normalized spacial score (nSPS) is 54.3. The molecule has 0 amide bonds. The fraction of sp³-hybridized carbons (Fsp3) is 0.850. The second-order valence-corrected chi connectivity index (χ2v) is 8.99. The quantitative estimate of drug-likeness (QED) is 0.683. The minimum Gasteiger partial charge on any atom is -0.385 e. The van der Waals surface area contributed by atoms with Crippen molar-refractivity contribution in [1.82, 2.24) is 0 Å². The van der Waals surface area contributed by atoms with Gasteiger partial charge in [0.15, 0.2) is 5.78 Å². The molecule has 0 radical (unpaired) electrons. The summed E-state index contributed by atoms with van der Waals surface area (Å²) < 4.78 is 0. The Bertz CT molecular complexity index is 536. The zero-order valence-electron chi connectivity index (χ0n) is 14.3. The maximum Gasteiger partial charge on any atom is 0.167 e. The number of hydrogen-bond donors (Lipinski definition) is 1. The van der Waals surface area contributed by atoms with Crippen LogP contribution in [0.4, 0.5) is 0 Å². The highest BCUT2D eigenvalue weighted by Gasteiger charge is 2.61. The Labute approximate surface area is 134 Å². The average Bonchev–Trinajstić information content (AvgIpc) is 2.72. The number of aliphatic hydroxyl groups is 1. The van der Waals surface area contributed by atoms with Crippen molar-refractivity contribution in [3.8, 4) is 0 Å². The monoisotopic (exact) mass is 302 g/mol. The van der Waals surface area contributed by atoms with Gasteiger partial charge in [-0.25, -0.2) is 0 Å². The number of carbonyl (C=O) groups excluding carboxylic acids is 1. The molecule has 3 fully saturated rings. The van der Waals surface area contributed by atoms with E-state index in [1.807, 2.05) is 0 Å². The van der Waals surface area contributed by atoms with Crippen LogP contribution in [0.5, 0.6) is 0 Å². The summed E-state index contributed by atoms with van der Waals surface area (Å²) in [7, 11) is 0. The van der Waals surface area contributed by atoms with Crippen molar-refractivity contribution in [1.29, 1.82) is 0 Å². The van der Waals surface area contributed by atoms with E-state index in [9.17, 15) is 9.90 Å². The summed E-state index contributed by atoms with van der Waals surface area (Å²) in [5.41, 5.74) is 1.81. The number of fused-ring (bicyclic) bond motifs is 5. The lowest BCUT2D eigenvalue weighted by atomic mass is 9.46. The van der Waals surface area contributed by atoms with Gasteiger partial charge in [-0.15, -0.1) is 0 Å². The van der Waals surface area contributed by atoms with Gasteiger partial charge in [0.1, 0.15) is 6.10 Å². The van der Waals surface area contributed by atoms with Crippen LogP contribution in [-0.4, -0.2) is 17.0 Å². The van der Waals surface area contributed by atoms with Crippen molar-refractivity contribution in [2.24, 2.45) is 34.5 Å². The first-order valence-electron chi connectivity index (χ1n) is 9.31. The highest BCUT2D eigenvalue weighted by molar-refractivity contribution is 5.91. The molecule has 1 N–H and O–H groups in total. The summed E-state index contributed by atoms with van der Waals surface area (Å²) in [5.74, 6) is 2.62. The molecule has 0 bridgehead atoms. The Kier molecular flexibility index (Phi) is 3.18. The van der Waals surface area contributed by atoms with Crippen LogP contribution in [0.25, 0.3) is 0 Å². The summed E-state index contributed by atoms with van der Waals surface area (Å²) in [5, 5.41) is 10.2. The summed E-state index contributed by atoms with van der Waals surface area (Å²) in [6, 6.07) is 0. The third kappa shape index (κ3) is 1.68. The predicted octanol–water partition coefficient (Wildman–Crippen LogP) is 4.13. The maximum absolute atomic E-state index is 12.5. The van der Waals surface area contributed by atoms with Gasteiger partial charge in [0.2, 0.25) is 0 Å². The molecule has 0 saturated heterocycles. The van der Waals surface area contributed by atoms with E-state index < -0.39 is 6.10 Å². The predicted molar refractivity (Wildman–Crippen MR) is 87.3 cm³/mol. The molecule has 0 heterocycles. The van der Waals surface area contributed by atoms with Gasteiger partial charge in [0.05, 0.1) is 0 Å². The molecule has 0 spiro atoms. The Balaban J connectivity index is 1.74. The minimum atomic E-state index is -0.698. The van der Waals surface area contributed by atoms with Gasteiger partial charge in [0.25, 0.3) is 0 Å². The van der Waals surface area contributed by atoms with Crippen molar-refractivity contribution >= 4 is 5.78 Å². The summed E-state index contributed by atoms with van der Waals surface area (Å²) in [6.07, 6.45) is 9.82.